The molecular formula is C42H43ClN3O6P. The van der Waals surface area contributed by atoms with Gasteiger partial charge in [0.1, 0.15) is 34.3 Å². The van der Waals surface area contributed by atoms with Crippen molar-refractivity contribution >= 4 is 40.2 Å². The molecule has 274 valence electrons. The summed E-state index contributed by atoms with van der Waals surface area (Å²) in [6, 6.07) is 52.9. The summed E-state index contributed by atoms with van der Waals surface area (Å²) in [4.78, 5) is 25.0. The Hall–Kier alpha value is -4.70. The lowest BCUT2D eigenvalue weighted by Gasteiger charge is -2.33. The van der Waals surface area contributed by atoms with E-state index < -0.39 is 17.5 Å². The van der Waals surface area contributed by atoms with Crippen LogP contribution in [0, 0.1) is 10.2 Å². The number of amidine groups is 1. The van der Waals surface area contributed by atoms with E-state index in [2.05, 4.69) is 132 Å². The van der Waals surface area contributed by atoms with Crippen LogP contribution in [0.15, 0.2) is 162 Å². The second-order valence-corrected chi connectivity index (χ2v) is 16.1. The van der Waals surface area contributed by atoms with Gasteiger partial charge >= 0.3 is 0 Å². The first-order chi connectivity index (χ1) is 25.7. The third kappa shape index (κ3) is 9.84. The first-order valence-electron chi connectivity index (χ1n) is 17.4. The number of morpholine rings is 1. The van der Waals surface area contributed by atoms with Crippen LogP contribution in [0.2, 0.25) is 0 Å². The number of benzene rings is 5. The summed E-state index contributed by atoms with van der Waals surface area (Å²) in [6.07, 6.45) is 0. The minimum Gasteiger partial charge on any atom is -0.378 e. The first kappa shape index (κ1) is 39.5. The predicted molar refractivity (Wildman–Crippen MR) is 202 cm³/mol. The Labute approximate surface area is 314 Å². The zero-order chi connectivity index (χ0) is 37.7. The minimum atomic E-state index is -4.94. The molecule has 0 radical (unpaired) electrons. The number of hydrogen-bond acceptors (Lipinski definition) is 7. The van der Waals surface area contributed by atoms with Gasteiger partial charge in [-0.05, 0) is 50.2 Å². The molecule has 1 saturated heterocycles. The van der Waals surface area contributed by atoms with Gasteiger partial charge in [0.2, 0.25) is 0 Å². The van der Waals surface area contributed by atoms with E-state index in [1.807, 2.05) is 43.0 Å². The van der Waals surface area contributed by atoms with Gasteiger partial charge in [-0.1, -0.05) is 115 Å². The van der Waals surface area contributed by atoms with Crippen molar-refractivity contribution in [3.63, 3.8) is 0 Å². The highest BCUT2D eigenvalue weighted by molar-refractivity contribution is 8.03. The lowest BCUT2D eigenvalue weighted by atomic mass is 10.1. The summed E-state index contributed by atoms with van der Waals surface area (Å²) in [5, 5.41) is 4.43. The molecule has 0 atom stereocenters. The van der Waals surface area contributed by atoms with E-state index in [0.717, 1.165) is 38.2 Å². The van der Waals surface area contributed by atoms with Gasteiger partial charge in [-0.15, -0.1) is 10.2 Å². The van der Waals surface area contributed by atoms with E-state index in [1.54, 1.807) is 0 Å². The topological polar surface area (TPSA) is 137 Å². The van der Waals surface area contributed by atoms with Crippen LogP contribution in [0.5, 0.6) is 0 Å². The van der Waals surface area contributed by atoms with Crippen molar-refractivity contribution in [2.24, 2.45) is 4.99 Å². The van der Waals surface area contributed by atoms with Crippen molar-refractivity contribution in [2.75, 3.05) is 39.4 Å². The molecule has 0 spiro atoms. The number of carbonyl (C=O) groups excluding carboxylic acids is 1. The minimum absolute atomic E-state index is 0.0762. The van der Waals surface area contributed by atoms with Gasteiger partial charge in [0.05, 0.1) is 13.2 Å². The smallest absolute Gasteiger partial charge is 0.276 e. The molecule has 1 aliphatic rings. The van der Waals surface area contributed by atoms with Crippen molar-refractivity contribution in [1.29, 1.82) is 0 Å². The number of halogens is 1. The van der Waals surface area contributed by atoms with Gasteiger partial charge in [-0.2, -0.15) is 0 Å². The molecule has 0 aromatic heterocycles. The summed E-state index contributed by atoms with van der Waals surface area (Å²) in [6.45, 7) is 7.82. The number of likely N-dealkylation sites (N-methyl/N-ethyl adjacent to an activating group) is 1. The molecular weight excluding hydrogens is 709 g/mol. The van der Waals surface area contributed by atoms with Crippen molar-refractivity contribution in [2.45, 2.75) is 13.8 Å². The van der Waals surface area contributed by atoms with Gasteiger partial charge in [-0.25, -0.2) is 23.6 Å². The summed E-state index contributed by atoms with van der Waals surface area (Å²) < 4.78 is 39.7. The molecule has 6 rings (SSSR count). The van der Waals surface area contributed by atoms with Crippen LogP contribution in [0.25, 0.3) is 5.31 Å². The number of rotatable bonds is 10. The van der Waals surface area contributed by atoms with Crippen molar-refractivity contribution in [3.05, 3.63) is 168 Å². The van der Waals surface area contributed by atoms with Gasteiger partial charge in [0.15, 0.2) is 5.70 Å². The average molecular weight is 752 g/mol. The van der Waals surface area contributed by atoms with Crippen LogP contribution in [0.1, 0.15) is 25.0 Å². The molecule has 0 bridgehead atoms. The van der Waals surface area contributed by atoms with Crippen molar-refractivity contribution in [1.82, 2.24) is 9.80 Å². The second-order valence-electron chi connectivity index (χ2n) is 12.0. The fourth-order valence-corrected chi connectivity index (χ4v) is 11.1. The van der Waals surface area contributed by atoms with Crippen LogP contribution in [0.4, 0.5) is 0 Å². The molecule has 1 heterocycles. The molecule has 0 unspecified atom stereocenters. The Morgan fingerprint density at radius 1 is 0.642 bits per heavy atom. The molecule has 0 saturated carbocycles. The maximum atomic E-state index is 15.2. The van der Waals surface area contributed by atoms with E-state index in [1.165, 1.54) is 0 Å². The zero-order valence-electron chi connectivity index (χ0n) is 29.8. The summed E-state index contributed by atoms with van der Waals surface area (Å²) in [5.41, 5.74) is 2.43. The van der Waals surface area contributed by atoms with E-state index in [9.17, 15) is 0 Å². The molecule has 53 heavy (non-hydrogen) atoms. The highest BCUT2D eigenvalue weighted by atomic mass is 35.7. The lowest BCUT2D eigenvalue weighted by Crippen LogP contribution is -2.68. The van der Waals surface area contributed by atoms with Crippen LogP contribution >= 0.6 is 7.26 Å². The van der Waals surface area contributed by atoms with E-state index >= 15 is 4.79 Å². The van der Waals surface area contributed by atoms with E-state index in [0.29, 0.717) is 45.1 Å². The molecule has 11 heteroatoms. The standard InChI is InChI=1S/C42H43N3O2P.ClHO4/c1-3-44(4-2)42(46)39(43-41(35-22-12-6-13-23-35)45-30-32-47-33-31-45)40(34-20-10-5-11-21-34)48(36-24-14-7-15-25-36,37-26-16-8-17-27-37)38-28-18-9-19-29-38;2-1(3,4)5/h5-29H,3-4,30-33H2,1-2H3;(H,2,3,4,5)/q+1;/p-1/b40-39+,43-41?;. The monoisotopic (exact) mass is 751 g/mol. The summed E-state index contributed by atoms with van der Waals surface area (Å²) in [5.74, 6) is 0.711. The fourth-order valence-electron chi connectivity index (χ4n) is 6.52. The Kier molecular flexibility index (Phi) is 14.1. The molecule has 1 fully saturated rings. The zero-order valence-corrected chi connectivity index (χ0v) is 31.4. The van der Waals surface area contributed by atoms with Crippen LogP contribution in [-0.4, -0.2) is 60.9 Å². The Balaban J connectivity index is 0.00000101. The van der Waals surface area contributed by atoms with Gasteiger partial charge in [0.25, 0.3) is 5.91 Å². The fraction of sp³-hybridized carbons (Fsp3) is 0.190. The Morgan fingerprint density at radius 3 is 1.38 bits per heavy atom. The number of nitrogens with zero attached hydrogens (tertiary/aromatic N) is 3. The number of carbonyl (C=O) groups is 1. The molecule has 5 aromatic carbocycles. The molecule has 5 aromatic rings. The number of hydrogen-bond donors (Lipinski definition) is 0. The Morgan fingerprint density at radius 2 is 1.00 bits per heavy atom. The van der Waals surface area contributed by atoms with E-state index in [4.69, 9.17) is 28.4 Å². The van der Waals surface area contributed by atoms with Crippen molar-refractivity contribution in [3.8, 4) is 0 Å². The third-order valence-corrected chi connectivity index (χ3v) is 13.2. The quantitative estimate of drug-likeness (QED) is 0.0925. The highest BCUT2D eigenvalue weighted by Crippen LogP contribution is 2.67. The maximum Gasteiger partial charge on any atom is 0.276 e. The number of aliphatic imine (C=N–C) groups is 1. The lowest BCUT2D eigenvalue weighted by molar-refractivity contribution is -2.00. The second kappa shape index (κ2) is 18.9. The number of amides is 1. The summed E-state index contributed by atoms with van der Waals surface area (Å²) >= 11 is 0. The maximum absolute atomic E-state index is 15.2. The first-order valence-corrected chi connectivity index (χ1v) is 20.4. The highest BCUT2D eigenvalue weighted by Gasteiger charge is 2.53. The average Bonchev–Trinajstić information content (AvgIpc) is 3.19. The van der Waals surface area contributed by atoms with Crippen LogP contribution in [0.3, 0.4) is 0 Å². The normalized spacial score (nSPS) is 14.1. The summed E-state index contributed by atoms with van der Waals surface area (Å²) in [7, 11) is -7.71. The molecule has 0 aliphatic carbocycles. The SMILES string of the molecule is CCN(CC)C(=O)/C(N=C(c1ccccc1)N1CCOCC1)=C(/c1ccccc1)[P+](c1ccccc1)(c1ccccc1)c1ccccc1.[O-][Cl+3]([O-])([O-])[O-]. The molecule has 0 N–H and O–H groups in total. The van der Waals surface area contributed by atoms with Gasteiger partial charge in [-0.3, -0.25) is 4.79 Å². The largest absolute Gasteiger partial charge is 0.378 e. The third-order valence-electron chi connectivity index (χ3n) is 8.85. The molecule has 1 aliphatic heterocycles. The predicted octanol–water partition coefficient (Wildman–Crippen LogP) is 2.24. The Bertz CT molecular complexity index is 1830. The van der Waals surface area contributed by atoms with Crippen molar-refractivity contribution < 1.29 is 38.4 Å². The van der Waals surface area contributed by atoms with Gasteiger partial charge < -0.3 is 14.5 Å². The van der Waals surface area contributed by atoms with Crippen LogP contribution < -0.4 is 34.5 Å². The van der Waals surface area contributed by atoms with Crippen LogP contribution in [-0.2, 0) is 9.53 Å². The van der Waals surface area contributed by atoms with Gasteiger partial charge in [0, 0.05) is 37.3 Å². The molecule has 9 nitrogen and oxygen atoms in total. The molecule has 1 amide bonds. The van der Waals surface area contributed by atoms with E-state index in [-0.39, 0.29) is 5.91 Å². The number of ether oxygens (including phenoxy) is 1.